The van der Waals surface area contributed by atoms with Crippen molar-refractivity contribution in [1.82, 2.24) is 5.32 Å². The topological polar surface area (TPSA) is 41.5 Å². The summed E-state index contributed by atoms with van der Waals surface area (Å²) in [5, 5.41) is 12.4. The van der Waals surface area contributed by atoms with E-state index >= 15 is 0 Å². The molecule has 0 saturated carbocycles. The van der Waals surface area contributed by atoms with E-state index in [9.17, 15) is 0 Å². The highest BCUT2D eigenvalue weighted by Gasteiger charge is 2.09. The molecule has 0 radical (unpaired) electrons. The Morgan fingerprint density at radius 2 is 2.14 bits per heavy atom. The predicted molar refractivity (Wildman–Crippen MR) is 92.2 cm³/mol. The van der Waals surface area contributed by atoms with Gasteiger partial charge in [0.05, 0.1) is 6.61 Å². The Balaban J connectivity index is 2.74. The quantitative estimate of drug-likeness (QED) is 0.611. The summed E-state index contributed by atoms with van der Waals surface area (Å²) in [6.07, 6.45) is 1.99. The van der Waals surface area contributed by atoms with Gasteiger partial charge in [0.25, 0.3) is 0 Å². The average molecular weight is 311 g/mol. The summed E-state index contributed by atoms with van der Waals surface area (Å²) in [6.45, 7) is 8.40. The van der Waals surface area contributed by atoms with Crippen molar-refractivity contribution >= 4 is 11.8 Å². The highest BCUT2D eigenvalue weighted by molar-refractivity contribution is 7.98. The van der Waals surface area contributed by atoms with Crippen LogP contribution in [0.15, 0.2) is 18.2 Å². The van der Waals surface area contributed by atoms with Crippen LogP contribution in [-0.4, -0.2) is 30.6 Å². The zero-order valence-corrected chi connectivity index (χ0v) is 14.3. The first-order valence-electron chi connectivity index (χ1n) is 7.90. The largest absolute Gasteiger partial charge is 0.494 e. The van der Waals surface area contributed by atoms with E-state index in [1.54, 1.807) is 0 Å². The Morgan fingerprint density at radius 1 is 1.33 bits per heavy atom. The standard InChI is InChI=1S/C17H29NO2S/c1-4-9-18-14(3)15-7-8-17(20-5-2)16(12-15)13-21-11-6-10-19/h7-8,12,14,18-19H,4-6,9-11,13H2,1-3H3. The normalized spacial score (nSPS) is 12.4. The van der Waals surface area contributed by atoms with E-state index in [2.05, 4.69) is 37.4 Å². The Labute approximate surface area is 133 Å². The molecule has 0 aliphatic carbocycles. The van der Waals surface area contributed by atoms with Crippen molar-refractivity contribution in [2.45, 2.75) is 45.4 Å². The van der Waals surface area contributed by atoms with Gasteiger partial charge in [0.2, 0.25) is 0 Å². The Bertz CT molecular complexity index is 398. The van der Waals surface area contributed by atoms with E-state index in [1.807, 2.05) is 18.7 Å². The lowest BCUT2D eigenvalue weighted by atomic mass is 10.0. The molecule has 4 heteroatoms. The van der Waals surface area contributed by atoms with E-state index < -0.39 is 0 Å². The third kappa shape index (κ3) is 6.72. The average Bonchev–Trinajstić information content (AvgIpc) is 2.50. The molecule has 1 aromatic rings. The highest BCUT2D eigenvalue weighted by atomic mass is 32.2. The third-order valence-corrected chi connectivity index (χ3v) is 4.38. The molecule has 0 aliphatic heterocycles. The molecule has 0 aromatic heterocycles. The van der Waals surface area contributed by atoms with Gasteiger partial charge in [0.1, 0.15) is 5.75 Å². The van der Waals surface area contributed by atoms with Gasteiger partial charge in [-0.05, 0) is 56.7 Å². The number of benzene rings is 1. The van der Waals surface area contributed by atoms with E-state index in [4.69, 9.17) is 9.84 Å². The maximum atomic E-state index is 8.86. The maximum Gasteiger partial charge on any atom is 0.123 e. The number of ether oxygens (including phenoxy) is 1. The summed E-state index contributed by atoms with van der Waals surface area (Å²) in [5.41, 5.74) is 2.56. The highest BCUT2D eigenvalue weighted by Crippen LogP contribution is 2.27. The number of hydrogen-bond acceptors (Lipinski definition) is 4. The van der Waals surface area contributed by atoms with Gasteiger partial charge < -0.3 is 15.2 Å². The van der Waals surface area contributed by atoms with Crippen LogP contribution in [0.5, 0.6) is 5.75 Å². The van der Waals surface area contributed by atoms with Crippen LogP contribution < -0.4 is 10.1 Å². The van der Waals surface area contributed by atoms with Crippen LogP contribution in [0.2, 0.25) is 0 Å². The monoisotopic (exact) mass is 311 g/mol. The number of aliphatic hydroxyl groups excluding tert-OH is 1. The number of hydrogen-bond donors (Lipinski definition) is 2. The second-order valence-corrected chi connectivity index (χ2v) is 6.21. The summed E-state index contributed by atoms with van der Waals surface area (Å²) in [5.74, 6) is 2.90. The molecule has 120 valence electrons. The molecule has 0 spiro atoms. The van der Waals surface area contributed by atoms with Crippen molar-refractivity contribution < 1.29 is 9.84 Å². The van der Waals surface area contributed by atoms with Crippen LogP contribution in [0.3, 0.4) is 0 Å². The maximum absolute atomic E-state index is 8.86. The van der Waals surface area contributed by atoms with E-state index in [-0.39, 0.29) is 6.61 Å². The lowest BCUT2D eigenvalue weighted by Crippen LogP contribution is -2.19. The predicted octanol–water partition coefficient (Wildman–Crippen LogP) is 3.76. The van der Waals surface area contributed by atoms with Crippen molar-refractivity contribution in [2.24, 2.45) is 0 Å². The molecule has 1 unspecified atom stereocenters. The van der Waals surface area contributed by atoms with Gasteiger partial charge in [-0.3, -0.25) is 0 Å². The van der Waals surface area contributed by atoms with Crippen molar-refractivity contribution in [3.05, 3.63) is 29.3 Å². The van der Waals surface area contributed by atoms with Gasteiger partial charge in [0.15, 0.2) is 0 Å². The lowest BCUT2D eigenvalue weighted by Gasteiger charge is -2.17. The van der Waals surface area contributed by atoms with Crippen LogP contribution in [0.1, 0.15) is 50.8 Å². The summed E-state index contributed by atoms with van der Waals surface area (Å²) in [4.78, 5) is 0. The van der Waals surface area contributed by atoms with Crippen molar-refractivity contribution in [1.29, 1.82) is 0 Å². The third-order valence-electron chi connectivity index (χ3n) is 3.29. The molecule has 0 amide bonds. The van der Waals surface area contributed by atoms with Gasteiger partial charge >= 0.3 is 0 Å². The molecule has 0 aliphatic rings. The first-order chi connectivity index (χ1) is 10.2. The summed E-state index contributed by atoms with van der Waals surface area (Å²) in [7, 11) is 0. The van der Waals surface area contributed by atoms with Crippen LogP contribution >= 0.6 is 11.8 Å². The van der Waals surface area contributed by atoms with Crippen LogP contribution in [0, 0.1) is 0 Å². The fourth-order valence-electron chi connectivity index (χ4n) is 2.11. The summed E-state index contributed by atoms with van der Waals surface area (Å²) >= 11 is 1.85. The Morgan fingerprint density at radius 3 is 2.81 bits per heavy atom. The lowest BCUT2D eigenvalue weighted by molar-refractivity contribution is 0.296. The molecular formula is C17H29NO2S. The minimum absolute atomic E-state index is 0.267. The molecule has 0 saturated heterocycles. The minimum Gasteiger partial charge on any atom is -0.494 e. The first-order valence-corrected chi connectivity index (χ1v) is 9.06. The molecular weight excluding hydrogens is 282 g/mol. The minimum atomic E-state index is 0.267. The van der Waals surface area contributed by atoms with Gasteiger partial charge in [-0.2, -0.15) is 11.8 Å². The molecule has 3 nitrogen and oxygen atoms in total. The number of rotatable bonds is 11. The van der Waals surface area contributed by atoms with Crippen LogP contribution in [0.4, 0.5) is 0 Å². The van der Waals surface area contributed by atoms with Gasteiger partial charge in [-0.25, -0.2) is 0 Å². The molecule has 0 heterocycles. The zero-order valence-electron chi connectivity index (χ0n) is 13.5. The fraction of sp³-hybridized carbons (Fsp3) is 0.647. The van der Waals surface area contributed by atoms with Gasteiger partial charge in [0, 0.05) is 24.0 Å². The first kappa shape index (κ1) is 18.3. The second-order valence-electron chi connectivity index (χ2n) is 5.11. The Hall–Kier alpha value is -0.710. The zero-order chi connectivity index (χ0) is 15.5. The number of aliphatic hydroxyl groups is 1. The van der Waals surface area contributed by atoms with Crippen LogP contribution in [-0.2, 0) is 5.75 Å². The van der Waals surface area contributed by atoms with Gasteiger partial charge in [-0.1, -0.05) is 13.0 Å². The molecule has 21 heavy (non-hydrogen) atoms. The second kappa shape index (κ2) is 10.9. The molecule has 2 N–H and O–H groups in total. The molecule has 0 bridgehead atoms. The van der Waals surface area contributed by atoms with Crippen molar-refractivity contribution in [2.75, 3.05) is 25.5 Å². The summed E-state index contributed by atoms with van der Waals surface area (Å²) < 4.78 is 5.73. The fourth-order valence-corrected chi connectivity index (χ4v) is 3.03. The molecule has 0 fully saturated rings. The van der Waals surface area contributed by atoms with Crippen molar-refractivity contribution in [3.63, 3.8) is 0 Å². The van der Waals surface area contributed by atoms with Crippen LogP contribution in [0.25, 0.3) is 0 Å². The Kier molecular flexibility index (Phi) is 9.55. The summed E-state index contributed by atoms with van der Waals surface area (Å²) in [6, 6.07) is 6.86. The molecule has 1 aromatic carbocycles. The SMILES string of the molecule is CCCNC(C)c1ccc(OCC)c(CSCCCO)c1. The van der Waals surface area contributed by atoms with E-state index in [1.165, 1.54) is 11.1 Å². The van der Waals surface area contributed by atoms with E-state index in [0.29, 0.717) is 12.6 Å². The van der Waals surface area contributed by atoms with E-state index in [0.717, 1.165) is 36.6 Å². The number of nitrogens with one attached hydrogen (secondary N) is 1. The van der Waals surface area contributed by atoms with Gasteiger partial charge in [-0.15, -0.1) is 0 Å². The number of thioether (sulfide) groups is 1. The molecule has 1 rings (SSSR count). The smallest absolute Gasteiger partial charge is 0.123 e. The van der Waals surface area contributed by atoms with Crippen molar-refractivity contribution in [3.8, 4) is 5.75 Å². The molecule has 1 atom stereocenters.